The van der Waals surface area contributed by atoms with E-state index in [-0.39, 0.29) is 0 Å². The van der Waals surface area contributed by atoms with Crippen molar-refractivity contribution in [3.8, 4) is 22.8 Å². The van der Waals surface area contributed by atoms with Crippen LogP contribution in [-0.2, 0) is 0 Å². The van der Waals surface area contributed by atoms with Gasteiger partial charge in [0, 0.05) is 44.5 Å². The van der Waals surface area contributed by atoms with E-state index < -0.39 is 0 Å². The molecule has 5 heterocycles. The third-order valence-corrected chi connectivity index (χ3v) is 6.77. The smallest absolute Gasteiger partial charge is 0.164 e. The Labute approximate surface area is 230 Å². The fourth-order valence-electron chi connectivity index (χ4n) is 4.91. The minimum atomic E-state index is 0.422. The van der Waals surface area contributed by atoms with Gasteiger partial charge in [-0.05, 0) is 0 Å². The van der Waals surface area contributed by atoms with E-state index in [0.717, 1.165) is 33.4 Å². The summed E-state index contributed by atoms with van der Waals surface area (Å²) in [6.07, 6.45) is 10.2. The molecule has 40 heavy (non-hydrogen) atoms. The molecule has 4 aromatic rings. The number of fused-ring (bicyclic) bond motifs is 11. The summed E-state index contributed by atoms with van der Waals surface area (Å²) in [5.41, 5.74) is 8.14. The Morgan fingerprint density at radius 3 is 1.23 bits per heavy atom. The second kappa shape index (κ2) is 9.52. The number of nitrogens with zero attached hydrogens (tertiary/aromatic N) is 6. The van der Waals surface area contributed by atoms with Gasteiger partial charge in [-0.25, -0.2) is 29.9 Å². The van der Waals surface area contributed by atoms with Crippen LogP contribution in [0, 0.1) is 0 Å². The number of hydrogen-bond donors (Lipinski definition) is 2. The van der Waals surface area contributed by atoms with Crippen molar-refractivity contribution in [1.29, 1.82) is 0 Å². The first-order valence-electron chi connectivity index (χ1n) is 12.4. The van der Waals surface area contributed by atoms with Crippen LogP contribution in [0.25, 0.3) is 80.8 Å². The third-order valence-electron chi connectivity index (χ3n) is 6.77. The number of nitrogens with one attached hydrogen (secondary N) is 2. The predicted octanol–water partition coefficient (Wildman–Crippen LogP) is 7.08. The average molecular weight is 521 g/mol. The van der Waals surface area contributed by atoms with Gasteiger partial charge in [0.25, 0.3) is 0 Å². The number of aromatic nitrogens is 8. The van der Waals surface area contributed by atoms with Gasteiger partial charge >= 0.3 is 0 Å². The zero-order chi connectivity index (χ0) is 28.0. The normalized spacial score (nSPS) is 12.0. The molecule has 0 atom stereocenters. The lowest BCUT2D eigenvalue weighted by atomic mass is 10.1. The maximum absolute atomic E-state index is 4.90. The largest absolute Gasteiger partial charge is 0.324 e. The molecular weight excluding hydrogens is 496 g/mol. The number of H-pyrrole nitrogens is 2. The van der Waals surface area contributed by atoms with Crippen LogP contribution in [-0.4, -0.2) is 39.9 Å². The number of hydrogen-bond acceptors (Lipinski definition) is 6. The van der Waals surface area contributed by atoms with Crippen molar-refractivity contribution >= 4 is 58.0 Å². The van der Waals surface area contributed by atoms with E-state index in [1.54, 1.807) is 36.5 Å². The van der Waals surface area contributed by atoms with Gasteiger partial charge in [0.2, 0.25) is 0 Å². The number of rotatable bonds is 6. The minimum absolute atomic E-state index is 0.422. The van der Waals surface area contributed by atoms with Crippen LogP contribution in [0.2, 0.25) is 0 Å². The summed E-state index contributed by atoms with van der Waals surface area (Å²) in [6.45, 7) is 24.0. The Morgan fingerprint density at radius 1 is 0.425 bits per heavy atom. The van der Waals surface area contributed by atoms with Gasteiger partial charge in [-0.15, -0.1) is 0 Å². The molecule has 2 N–H and O–H groups in total. The monoisotopic (exact) mass is 520 g/mol. The van der Waals surface area contributed by atoms with Gasteiger partial charge < -0.3 is 9.97 Å². The molecule has 192 valence electrons. The number of benzene rings is 1. The molecule has 0 amide bonds. The molecule has 8 heteroatoms. The van der Waals surface area contributed by atoms with Crippen molar-refractivity contribution in [2.75, 3.05) is 0 Å². The lowest BCUT2D eigenvalue weighted by Gasteiger charge is -1.98. The molecule has 2 aliphatic heterocycles. The van der Waals surface area contributed by atoms with Crippen LogP contribution in [0.1, 0.15) is 33.9 Å². The van der Waals surface area contributed by atoms with Gasteiger partial charge in [0.05, 0.1) is 0 Å². The summed E-state index contributed by atoms with van der Waals surface area (Å²) in [5, 5.41) is 0. The van der Waals surface area contributed by atoms with E-state index >= 15 is 0 Å². The molecule has 3 aromatic heterocycles. The number of allylic oxidation sites excluding steroid dienone is 4. The van der Waals surface area contributed by atoms with Crippen molar-refractivity contribution < 1.29 is 0 Å². The van der Waals surface area contributed by atoms with Crippen molar-refractivity contribution in [3.63, 3.8) is 0 Å². The summed E-state index contributed by atoms with van der Waals surface area (Å²) in [6, 6.07) is 7.79. The van der Waals surface area contributed by atoms with Crippen LogP contribution < -0.4 is 0 Å². The SMILES string of the molecule is C=CC1=C(C=C)c2nc1nc1nc(nc3[nH]c(nc4[nH]c(n2)c(C=C)c4C=C)c(C=C)c3C=C)-c2ccccc2-1. The highest BCUT2D eigenvalue weighted by Crippen LogP contribution is 2.35. The Balaban J connectivity index is 1.88. The Bertz CT molecular complexity index is 2020. The molecule has 6 rings (SSSR count). The van der Waals surface area contributed by atoms with Crippen LogP contribution in [0.3, 0.4) is 0 Å². The molecule has 2 aliphatic rings. The Morgan fingerprint density at radius 2 is 0.775 bits per heavy atom. The number of aromatic amines is 2. The maximum Gasteiger partial charge on any atom is 0.164 e. The highest BCUT2D eigenvalue weighted by Gasteiger charge is 2.23. The third kappa shape index (κ3) is 3.62. The second-order valence-electron chi connectivity index (χ2n) is 8.86. The lowest BCUT2D eigenvalue weighted by Crippen LogP contribution is -1.89. The molecule has 0 unspecified atom stereocenters. The highest BCUT2D eigenvalue weighted by molar-refractivity contribution is 5.99. The van der Waals surface area contributed by atoms with Crippen LogP contribution in [0.15, 0.2) is 75.9 Å². The molecule has 8 bridgehead atoms. The lowest BCUT2D eigenvalue weighted by molar-refractivity contribution is 1.10. The second-order valence-corrected chi connectivity index (χ2v) is 8.86. The van der Waals surface area contributed by atoms with E-state index in [1.807, 2.05) is 24.3 Å². The van der Waals surface area contributed by atoms with Gasteiger partial charge in [-0.1, -0.05) is 100 Å². The fourth-order valence-corrected chi connectivity index (χ4v) is 4.91. The molecular formula is C32H24N8. The fraction of sp³-hybridized carbons (Fsp3) is 0. The van der Waals surface area contributed by atoms with Crippen molar-refractivity contribution in [2.45, 2.75) is 0 Å². The van der Waals surface area contributed by atoms with Gasteiger partial charge in [-0.2, -0.15) is 0 Å². The Kier molecular flexibility index (Phi) is 5.85. The molecule has 0 aliphatic carbocycles. The standard InChI is InChI=1S/C32H24N8/c1-7-17-18(8-2)26-33-25(17)34-27-19(9-3)21(11-5)29(36-27)38-31-23-15-13-14-16-24(23)32(40-31)39-30-22(12-6)20(10-4)28(35-26)37-30/h7-16H,1-6H2,(H2,33,34,35,36,37,38,39,40). The first-order valence-corrected chi connectivity index (χ1v) is 12.4. The van der Waals surface area contributed by atoms with Gasteiger partial charge in [-0.3, -0.25) is 0 Å². The quantitative estimate of drug-likeness (QED) is 0.248. The van der Waals surface area contributed by atoms with E-state index in [1.165, 1.54) is 0 Å². The van der Waals surface area contributed by atoms with Crippen LogP contribution in [0.4, 0.5) is 0 Å². The molecule has 0 saturated heterocycles. The predicted molar refractivity (Wildman–Crippen MR) is 164 cm³/mol. The first-order chi connectivity index (χ1) is 19.5. The summed E-state index contributed by atoms with van der Waals surface area (Å²) in [5.74, 6) is 1.82. The van der Waals surface area contributed by atoms with E-state index in [4.69, 9.17) is 29.9 Å². The summed E-state index contributed by atoms with van der Waals surface area (Å²) in [4.78, 5) is 35.7. The molecule has 0 saturated carbocycles. The van der Waals surface area contributed by atoms with Crippen LogP contribution in [0.5, 0.6) is 0 Å². The van der Waals surface area contributed by atoms with Crippen molar-refractivity contribution in [3.05, 3.63) is 110 Å². The van der Waals surface area contributed by atoms with Crippen LogP contribution >= 0.6 is 0 Å². The zero-order valence-electron chi connectivity index (χ0n) is 21.7. The van der Waals surface area contributed by atoms with Crippen molar-refractivity contribution in [1.82, 2.24) is 39.9 Å². The topological polar surface area (TPSA) is 109 Å². The zero-order valence-corrected chi connectivity index (χ0v) is 21.7. The molecule has 1 aromatic carbocycles. The van der Waals surface area contributed by atoms with E-state index in [2.05, 4.69) is 49.4 Å². The maximum atomic E-state index is 4.90. The van der Waals surface area contributed by atoms with Gasteiger partial charge in [0.15, 0.2) is 23.3 Å². The highest BCUT2D eigenvalue weighted by atomic mass is 15.1. The van der Waals surface area contributed by atoms with Crippen molar-refractivity contribution in [2.24, 2.45) is 0 Å². The molecule has 0 spiro atoms. The summed E-state index contributed by atoms with van der Waals surface area (Å²) < 4.78 is 0. The van der Waals surface area contributed by atoms with E-state index in [9.17, 15) is 0 Å². The average Bonchev–Trinajstić information content (AvgIpc) is 3.69. The summed E-state index contributed by atoms with van der Waals surface area (Å²) in [7, 11) is 0. The molecule has 0 fully saturated rings. The Hall–Kier alpha value is -5.76. The van der Waals surface area contributed by atoms with E-state index in [0.29, 0.717) is 57.0 Å². The molecule has 0 radical (unpaired) electrons. The van der Waals surface area contributed by atoms with Gasteiger partial charge in [0.1, 0.15) is 22.6 Å². The summed E-state index contributed by atoms with van der Waals surface area (Å²) >= 11 is 0. The minimum Gasteiger partial charge on any atom is -0.324 e. The molecule has 8 nitrogen and oxygen atoms in total. The first kappa shape index (κ1) is 24.6.